The molecule has 0 radical (unpaired) electrons. The van der Waals surface area contributed by atoms with Crippen LogP contribution in [0, 0.1) is 0 Å². The van der Waals surface area contributed by atoms with Crippen LogP contribution in [0.3, 0.4) is 0 Å². The summed E-state index contributed by atoms with van der Waals surface area (Å²) in [7, 11) is 0. The molecule has 0 atom stereocenters. The van der Waals surface area contributed by atoms with Gasteiger partial charge in [0.25, 0.3) is 0 Å². The molecule has 0 aliphatic carbocycles. The first kappa shape index (κ1) is 14.0. The first-order valence-electron chi connectivity index (χ1n) is 5.98. The molecule has 0 unspecified atom stereocenters. The highest BCUT2D eigenvalue weighted by Crippen LogP contribution is 2.28. The summed E-state index contributed by atoms with van der Waals surface area (Å²) in [6.45, 7) is -0.729. The lowest BCUT2D eigenvalue weighted by atomic mass is 10.1. The van der Waals surface area contributed by atoms with Gasteiger partial charge in [-0.2, -0.15) is 5.10 Å². The van der Waals surface area contributed by atoms with E-state index in [0.29, 0.717) is 38.9 Å². The number of benzene rings is 1. The summed E-state index contributed by atoms with van der Waals surface area (Å²) in [5.41, 5.74) is 2.13. The lowest BCUT2D eigenvalue weighted by molar-refractivity contribution is 0.111. The molecule has 4 nitrogen and oxygen atoms in total. The molecule has 0 aliphatic rings. The predicted molar refractivity (Wildman–Crippen MR) is 78.6 cm³/mol. The lowest BCUT2D eigenvalue weighted by Gasteiger charge is -2.06. The van der Waals surface area contributed by atoms with Gasteiger partial charge in [0, 0.05) is 11.6 Å². The van der Waals surface area contributed by atoms with E-state index >= 15 is 0 Å². The molecule has 2 heterocycles. The first-order valence-corrected chi connectivity index (χ1v) is 6.74. The number of hydrogen-bond acceptors (Lipinski definition) is 3. The van der Waals surface area contributed by atoms with Crippen LogP contribution in [-0.4, -0.2) is 20.9 Å². The minimum Gasteiger partial charge on any atom is -0.296 e. The highest BCUT2D eigenvalue weighted by molar-refractivity contribution is 6.42. The second-order valence-electron chi connectivity index (χ2n) is 4.35. The molecule has 7 heteroatoms. The van der Waals surface area contributed by atoms with E-state index < -0.39 is 6.67 Å². The molecular weight excluding hydrogens is 316 g/mol. The average Bonchev–Trinajstić information content (AvgIpc) is 2.92. The average molecular weight is 324 g/mol. The van der Waals surface area contributed by atoms with Crippen molar-refractivity contribution in [3.05, 3.63) is 51.8 Å². The van der Waals surface area contributed by atoms with Gasteiger partial charge < -0.3 is 0 Å². The first-order chi connectivity index (χ1) is 10.1. The number of rotatable bonds is 3. The van der Waals surface area contributed by atoms with Crippen LogP contribution in [-0.2, 0) is 6.67 Å². The van der Waals surface area contributed by atoms with E-state index in [1.807, 2.05) is 0 Å². The molecule has 3 rings (SSSR count). The molecule has 0 N–H and O–H groups in total. The number of halogens is 3. The number of carbonyl (C=O) groups is 1. The maximum atomic E-state index is 13.2. The molecule has 0 saturated carbocycles. The Labute approximate surface area is 129 Å². The third-order valence-corrected chi connectivity index (χ3v) is 3.73. The van der Waals surface area contributed by atoms with E-state index in [1.165, 1.54) is 10.6 Å². The maximum Gasteiger partial charge on any atom is 0.170 e. The van der Waals surface area contributed by atoms with Crippen LogP contribution in [0.1, 0.15) is 16.2 Å². The Kier molecular flexibility index (Phi) is 3.61. The fourth-order valence-corrected chi connectivity index (χ4v) is 2.31. The molecule has 0 aliphatic heterocycles. The van der Waals surface area contributed by atoms with Gasteiger partial charge >= 0.3 is 0 Å². The van der Waals surface area contributed by atoms with E-state index in [1.54, 1.807) is 24.3 Å². The zero-order valence-electron chi connectivity index (χ0n) is 10.6. The SMILES string of the molecule is O=Cc1cc2nc(-c3ccc(Cl)c(Cl)c3)cc(CF)n2n1. The quantitative estimate of drug-likeness (QED) is 0.685. The monoisotopic (exact) mass is 323 g/mol. The Morgan fingerprint density at radius 2 is 2.00 bits per heavy atom. The van der Waals surface area contributed by atoms with Gasteiger partial charge in [-0.1, -0.05) is 29.3 Å². The summed E-state index contributed by atoms with van der Waals surface area (Å²) in [5, 5.41) is 4.79. The van der Waals surface area contributed by atoms with E-state index in [0.717, 1.165) is 0 Å². The molecule has 3 aromatic rings. The third-order valence-electron chi connectivity index (χ3n) is 2.99. The van der Waals surface area contributed by atoms with E-state index in [4.69, 9.17) is 23.2 Å². The lowest BCUT2D eigenvalue weighted by Crippen LogP contribution is -2.00. The highest BCUT2D eigenvalue weighted by atomic mass is 35.5. The zero-order chi connectivity index (χ0) is 15.0. The van der Waals surface area contributed by atoms with Gasteiger partial charge in [-0.3, -0.25) is 4.79 Å². The summed E-state index contributed by atoms with van der Waals surface area (Å²) in [5.74, 6) is 0. The standard InChI is InChI=1S/C14H8Cl2FN3O/c15-11-2-1-8(3-12(11)16)13-5-10(6-17)20-14(18-13)4-9(7-21)19-20/h1-5,7H,6H2. The minimum atomic E-state index is -0.729. The van der Waals surface area contributed by atoms with Crippen molar-refractivity contribution in [2.24, 2.45) is 0 Å². The Balaban J connectivity index is 2.22. The number of hydrogen-bond donors (Lipinski definition) is 0. The molecule has 0 fully saturated rings. The van der Waals surface area contributed by atoms with Crippen molar-refractivity contribution < 1.29 is 9.18 Å². The summed E-state index contributed by atoms with van der Waals surface area (Å²) >= 11 is 11.9. The van der Waals surface area contributed by atoms with Crippen LogP contribution in [0.2, 0.25) is 10.0 Å². The van der Waals surface area contributed by atoms with Crippen molar-refractivity contribution in [1.29, 1.82) is 0 Å². The number of fused-ring (bicyclic) bond motifs is 1. The number of alkyl halides is 1. The number of aldehydes is 1. The molecule has 0 spiro atoms. The fraction of sp³-hybridized carbons (Fsp3) is 0.0714. The summed E-state index contributed by atoms with van der Waals surface area (Å²) in [6.07, 6.45) is 0.593. The largest absolute Gasteiger partial charge is 0.296 e. The van der Waals surface area contributed by atoms with Crippen molar-refractivity contribution in [3.63, 3.8) is 0 Å². The van der Waals surface area contributed by atoms with Crippen LogP contribution < -0.4 is 0 Å². The van der Waals surface area contributed by atoms with Crippen molar-refractivity contribution in [3.8, 4) is 11.3 Å². The Hall–Kier alpha value is -1.98. The minimum absolute atomic E-state index is 0.198. The smallest absolute Gasteiger partial charge is 0.170 e. The van der Waals surface area contributed by atoms with Gasteiger partial charge in [-0.15, -0.1) is 0 Å². The normalized spacial score (nSPS) is 11.0. The van der Waals surface area contributed by atoms with E-state index in [2.05, 4.69) is 10.1 Å². The molecule has 1 aromatic carbocycles. The summed E-state index contributed by atoms with van der Waals surface area (Å²) < 4.78 is 14.5. The van der Waals surface area contributed by atoms with Crippen molar-refractivity contribution in [2.75, 3.05) is 0 Å². The van der Waals surface area contributed by atoms with Crippen molar-refractivity contribution in [2.45, 2.75) is 6.67 Å². The highest BCUT2D eigenvalue weighted by Gasteiger charge is 2.11. The van der Waals surface area contributed by atoms with Crippen LogP contribution in [0.25, 0.3) is 16.9 Å². The van der Waals surface area contributed by atoms with Crippen LogP contribution in [0.4, 0.5) is 4.39 Å². The molecule has 106 valence electrons. The number of aromatic nitrogens is 3. The molecule has 21 heavy (non-hydrogen) atoms. The molecule has 0 saturated heterocycles. The Morgan fingerprint density at radius 3 is 2.67 bits per heavy atom. The maximum absolute atomic E-state index is 13.2. The number of carbonyl (C=O) groups excluding carboxylic acids is 1. The van der Waals surface area contributed by atoms with E-state index in [-0.39, 0.29) is 5.69 Å². The van der Waals surface area contributed by atoms with Gasteiger partial charge in [0.15, 0.2) is 11.9 Å². The topological polar surface area (TPSA) is 47.3 Å². The van der Waals surface area contributed by atoms with Crippen LogP contribution in [0.5, 0.6) is 0 Å². The van der Waals surface area contributed by atoms with Gasteiger partial charge in [0.05, 0.1) is 21.4 Å². The summed E-state index contributed by atoms with van der Waals surface area (Å²) in [4.78, 5) is 15.1. The van der Waals surface area contributed by atoms with Crippen molar-refractivity contribution >= 4 is 35.1 Å². The van der Waals surface area contributed by atoms with Gasteiger partial charge in [-0.05, 0) is 18.2 Å². The van der Waals surface area contributed by atoms with Crippen LogP contribution in [0.15, 0.2) is 30.3 Å². The second kappa shape index (κ2) is 5.42. The second-order valence-corrected chi connectivity index (χ2v) is 5.17. The molecule has 0 amide bonds. The molecular formula is C14H8Cl2FN3O. The van der Waals surface area contributed by atoms with Gasteiger partial charge in [0.2, 0.25) is 0 Å². The third kappa shape index (κ3) is 2.50. The zero-order valence-corrected chi connectivity index (χ0v) is 12.1. The predicted octanol–water partition coefficient (Wildman–Crippen LogP) is 3.99. The molecule has 2 aromatic heterocycles. The Bertz CT molecular complexity index is 848. The van der Waals surface area contributed by atoms with Gasteiger partial charge in [0.1, 0.15) is 12.4 Å². The van der Waals surface area contributed by atoms with Crippen molar-refractivity contribution in [1.82, 2.24) is 14.6 Å². The van der Waals surface area contributed by atoms with Crippen LogP contribution >= 0.6 is 23.2 Å². The summed E-state index contributed by atoms with van der Waals surface area (Å²) in [6, 6.07) is 8.10. The number of nitrogens with zero attached hydrogens (tertiary/aromatic N) is 3. The Morgan fingerprint density at radius 1 is 1.19 bits per heavy atom. The van der Waals surface area contributed by atoms with E-state index in [9.17, 15) is 9.18 Å². The molecule has 0 bridgehead atoms. The fourth-order valence-electron chi connectivity index (χ4n) is 2.01. The van der Waals surface area contributed by atoms with Gasteiger partial charge in [-0.25, -0.2) is 13.9 Å².